The summed E-state index contributed by atoms with van der Waals surface area (Å²) < 4.78 is 7.09. The summed E-state index contributed by atoms with van der Waals surface area (Å²) in [5.41, 5.74) is 1.36. The van der Waals surface area contributed by atoms with E-state index in [1.54, 1.807) is 36.1 Å². The molecule has 2 N–H and O–H groups in total. The molecule has 0 saturated carbocycles. The molecule has 0 bridgehead atoms. The topological polar surface area (TPSA) is 102 Å². The van der Waals surface area contributed by atoms with E-state index in [0.717, 1.165) is 31.6 Å². The van der Waals surface area contributed by atoms with Crippen LogP contribution in [0.2, 0.25) is 0 Å². The fourth-order valence-electron chi connectivity index (χ4n) is 3.47. The minimum Gasteiger partial charge on any atom is -0.427 e. The largest absolute Gasteiger partial charge is 0.427 e. The molecule has 4 rings (SSSR count). The number of carbonyl (C=O) groups excluding carboxylic acids is 1. The first kappa shape index (κ1) is 23.6. The molecule has 1 aromatic carbocycles. The van der Waals surface area contributed by atoms with E-state index in [2.05, 4.69) is 20.7 Å². The van der Waals surface area contributed by atoms with Crippen LogP contribution in [0.4, 0.5) is 5.69 Å². The highest BCUT2D eigenvalue weighted by Crippen LogP contribution is 2.25. The highest BCUT2D eigenvalue weighted by Gasteiger charge is 2.22. The predicted molar refractivity (Wildman–Crippen MR) is 118 cm³/mol. The minimum absolute atomic E-state index is 0. The Morgan fingerprint density at radius 3 is 2.67 bits per heavy atom. The smallest absolute Gasteiger partial charge is 0.349 e. The van der Waals surface area contributed by atoms with Gasteiger partial charge in [0, 0.05) is 11.6 Å². The molecule has 10 heteroatoms. The second-order valence-corrected chi connectivity index (χ2v) is 6.86. The Kier molecular flexibility index (Phi) is 8.16. The van der Waals surface area contributed by atoms with Gasteiger partial charge in [0.1, 0.15) is 24.0 Å². The summed E-state index contributed by atoms with van der Waals surface area (Å²) in [6.07, 6.45) is 4.84. The van der Waals surface area contributed by atoms with Crippen molar-refractivity contribution in [2.45, 2.75) is 25.7 Å². The molecule has 0 atom stereocenters. The molecule has 3 heterocycles. The van der Waals surface area contributed by atoms with Crippen molar-refractivity contribution in [3.05, 3.63) is 70.3 Å². The number of rotatable bonds is 4. The maximum absolute atomic E-state index is 12.7. The lowest BCUT2D eigenvalue weighted by molar-refractivity contribution is 0.102. The van der Waals surface area contributed by atoms with Gasteiger partial charge in [-0.25, -0.2) is 14.5 Å². The number of aromatic nitrogens is 3. The van der Waals surface area contributed by atoms with Crippen LogP contribution >= 0.6 is 24.8 Å². The molecule has 8 nitrogen and oxygen atoms in total. The summed E-state index contributed by atoms with van der Waals surface area (Å²) in [5, 5.41) is 10.1. The summed E-state index contributed by atoms with van der Waals surface area (Å²) in [6.45, 7) is 3.57. The zero-order valence-corrected chi connectivity index (χ0v) is 18.0. The first-order valence-electron chi connectivity index (χ1n) is 9.23. The number of anilines is 1. The van der Waals surface area contributed by atoms with Gasteiger partial charge < -0.3 is 15.1 Å². The predicted octanol–water partition coefficient (Wildman–Crippen LogP) is 3.09. The third-order valence-corrected chi connectivity index (χ3v) is 4.92. The van der Waals surface area contributed by atoms with Gasteiger partial charge >= 0.3 is 5.63 Å². The lowest BCUT2D eigenvalue weighted by Crippen LogP contribution is -2.28. The number of piperidine rings is 1. The van der Waals surface area contributed by atoms with Crippen molar-refractivity contribution in [1.82, 2.24) is 20.1 Å². The van der Waals surface area contributed by atoms with E-state index in [0.29, 0.717) is 17.0 Å². The Hall–Kier alpha value is -2.68. The van der Waals surface area contributed by atoms with E-state index in [9.17, 15) is 9.59 Å². The third-order valence-electron chi connectivity index (χ3n) is 4.92. The lowest BCUT2D eigenvalue weighted by Gasteiger charge is -2.22. The van der Waals surface area contributed by atoms with Gasteiger partial charge in [-0.2, -0.15) is 5.10 Å². The molecular formula is C20H23Cl2N5O3. The van der Waals surface area contributed by atoms with Crippen LogP contribution in [0.3, 0.4) is 0 Å². The molecule has 1 fully saturated rings. The molecule has 0 unspecified atom stereocenters. The SMILES string of the molecule is Cc1cc(C2CCNCC2)oc(=O)c1C(=O)Nc1cccc(-n2cncn2)c1.Cl.Cl. The van der Waals surface area contributed by atoms with Crippen LogP contribution in [0.25, 0.3) is 5.69 Å². The monoisotopic (exact) mass is 451 g/mol. The van der Waals surface area contributed by atoms with Gasteiger partial charge in [-0.1, -0.05) is 6.07 Å². The minimum atomic E-state index is -0.599. The van der Waals surface area contributed by atoms with Crippen molar-refractivity contribution in [2.75, 3.05) is 18.4 Å². The van der Waals surface area contributed by atoms with Crippen LogP contribution in [-0.4, -0.2) is 33.8 Å². The molecule has 0 spiro atoms. The second-order valence-electron chi connectivity index (χ2n) is 6.86. The number of benzene rings is 1. The third kappa shape index (κ3) is 5.08. The Bertz CT molecular complexity index is 1050. The van der Waals surface area contributed by atoms with Gasteiger partial charge in [0.05, 0.1) is 5.69 Å². The maximum atomic E-state index is 12.7. The van der Waals surface area contributed by atoms with Gasteiger partial charge in [0.25, 0.3) is 5.91 Å². The fraction of sp³-hybridized carbons (Fsp3) is 0.300. The summed E-state index contributed by atoms with van der Waals surface area (Å²) in [6, 6.07) is 8.96. The molecule has 1 aliphatic rings. The number of hydrogen-bond donors (Lipinski definition) is 2. The van der Waals surface area contributed by atoms with Gasteiger partial charge in [-0.3, -0.25) is 4.79 Å². The number of nitrogens with one attached hydrogen (secondary N) is 2. The number of hydrogen-bond acceptors (Lipinski definition) is 6. The molecule has 1 aliphatic heterocycles. The second kappa shape index (κ2) is 10.4. The number of carbonyl (C=O) groups is 1. The van der Waals surface area contributed by atoms with E-state index in [-0.39, 0.29) is 36.3 Å². The van der Waals surface area contributed by atoms with Crippen LogP contribution in [0.15, 0.2) is 52.2 Å². The molecule has 0 radical (unpaired) electrons. The highest BCUT2D eigenvalue weighted by atomic mass is 35.5. The van der Waals surface area contributed by atoms with Crippen molar-refractivity contribution in [1.29, 1.82) is 0 Å². The van der Waals surface area contributed by atoms with E-state index >= 15 is 0 Å². The number of nitrogens with zero attached hydrogens (tertiary/aromatic N) is 3. The Morgan fingerprint density at radius 2 is 2.00 bits per heavy atom. The van der Waals surface area contributed by atoms with E-state index in [1.165, 1.54) is 6.33 Å². The van der Waals surface area contributed by atoms with Crippen LogP contribution in [0, 0.1) is 6.92 Å². The maximum Gasteiger partial charge on any atom is 0.349 e. The lowest BCUT2D eigenvalue weighted by atomic mass is 9.94. The van der Waals surface area contributed by atoms with Crippen LogP contribution < -0.4 is 16.3 Å². The molecule has 160 valence electrons. The number of halogens is 2. The van der Waals surface area contributed by atoms with E-state index in [1.807, 2.05) is 12.1 Å². The Morgan fingerprint density at radius 1 is 1.23 bits per heavy atom. The summed E-state index contributed by atoms with van der Waals surface area (Å²) in [5.74, 6) is 0.386. The van der Waals surface area contributed by atoms with Crippen LogP contribution in [-0.2, 0) is 0 Å². The molecule has 1 saturated heterocycles. The molecule has 1 amide bonds. The van der Waals surface area contributed by atoms with Gasteiger partial charge in [-0.15, -0.1) is 24.8 Å². The van der Waals surface area contributed by atoms with Gasteiger partial charge in [-0.05, 0) is 62.7 Å². The average molecular weight is 452 g/mol. The first-order chi connectivity index (χ1) is 13.6. The van der Waals surface area contributed by atoms with Crippen LogP contribution in [0.1, 0.15) is 40.4 Å². The standard InChI is InChI=1S/C20H21N5O3.2ClH/c1-13-9-17(14-5-7-21-8-6-14)28-20(27)18(13)19(26)24-15-3-2-4-16(10-15)25-12-22-11-23-25;;/h2-4,9-12,14,21H,5-8H2,1H3,(H,24,26);2*1H. The van der Waals surface area contributed by atoms with Crippen molar-refractivity contribution in [3.63, 3.8) is 0 Å². The van der Waals surface area contributed by atoms with Crippen molar-refractivity contribution >= 4 is 36.4 Å². The summed E-state index contributed by atoms with van der Waals surface area (Å²) in [7, 11) is 0. The highest BCUT2D eigenvalue weighted by molar-refractivity contribution is 6.05. The van der Waals surface area contributed by atoms with Crippen molar-refractivity contribution in [3.8, 4) is 5.69 Å². The quantitative estimate of drug-likeness (QED) is 0.631. The molecule has 2 aromatic heterocycles. The summed E-state index contributed by atoms with van der Waals surface area (Å²) >= 11 is 0. The van der Waals surface area contributed by atoms with Crippen molar-refractivity contribution < 1.29 is 9.21 Å². The zero-order chi connectivity index (χ0) is 19.5. The van der Waals surface area contributed by atoms with Crippen LogP contribution in [0.5, 0.6) is 0 Å². The fourth-order valence-corrected chi connectivity index (χ4v) is 3.47. The van der Waals surface area contributed by atoms with Crippen molar-refractivity contribution in [2.24, 2.45) is 0 Å². The molecule has 30 heavy (non-hydrogen) atoms. The Labute approximate surface area is 185 Å². The molecular weight excluding hydrogens is 429 g/mol. The number of aryl methyl sites for hydroxylation is 1. The normalized spacial score (nSPS) is 13.8. The summed E-state index contributed by atoms with van der Waals surface area (Å²) in [4.78, 5) is 29.2. The first-order valence-corrected chi connectivity index (χ1v) is 9.23. The average Bonchev–Trinajstić information content (AvgIpc) is 3.23. The molecule has 3 aromatic rings. The zero-order valence-electron chi connectivity index (χ0n) is 16.3. The van der Waals surface area contributed by atoms with Gasteiger partial charge in [0.15, 0.2) is 0 Å². The van der Waals surface area contributed by atoms with Gasteiger partial charge in [0.2, 0.25) is 0 Å². The van der Waals surface area contributed by atoms with E-state index in [4.69, 9.17) is 4.42 Å². The Balaban J connectivity index is 0.00000160. The number of amides is 1. The molecule has 0 aliphatic carbocycles. The van der Waals surface area contributed by atoms with E-state index < -0.39 is 11.5 Å².